The van der Waals surface area contributed by atoms with Crippen LogP contribution in [-0.4, -0.2) is 54.8 Å². The lowest BCUT2D eigenvalue weighted by Crippen LogP contribution is -2.51. The molecule has 0 heterocycles. The quantitative estimate of drug-likeness (QED) is 0.374. The normalized spacial score (nSPS) is 14.3. The number of hydrogen-bond donors (Lipinski definition) is 2. The molecule has 8 heteroatoms. The third-order valence-corrected chi connectivity index (χ3v) is 8.24. The largest absolute Gasteiger partial charge is 0.390 e. The monoisotopic (exact) mass is 516 g/mol. The number of amides is 1. The fourth-order valence-corrected chi connectivity index (χ4v) is 5.38. The first-order valence-corrected chi connectivity index (χ1v) is 14.1. The topological polar surface area (TPSA) is 104 Å². The van der Waals surface area contributed by atoms with E-state index in [-0.39, 0.29) is 48.4 Å². The number of ketones is 1. The van der Waals surface area contributed by atoms with Crippen molar-refractivity contribution in [3.05, 3.63) is 65.7 Å². The molecule has 0 bridgehead atoms. The average molecular weight is 517 g/mol. The van der Waals surface area contributed by atoms with Crippen LogP contribution >= 0.6 is 0 Å². The van der Waals surface area contributed by atoms with Crippen molar-refractivity contribution in [2.24, 2.45) is 5.92 Å². The Morgan fingerprint density at radius 1 is 0.972 bits per heavy atom. The molecule has 2 N–H and O–H groups in total. The van der Waals surface area contributed by atoms with E-state index in [1.807, 2.05) is 51.1 Å². The molecular weight excluding hydrogens is 476 g/mol. The van der Waals surface area contributed by atoms with E-state index in [2.05, 4.69) is 5.32 Å². The van der Waals surface area contributed by atoms with Crippen molar-refractivity contribution >= 4 is 21.7 Å². The Hall–Kier alpha value is -2.55. The van der Waals surface area contributed by atoms with Crippen LogP contribution in [0.1, 0.15) is 57.6 Å². The Kier molecular flexibility index (Phi) is 11.8. The van der Waals surface area contributed by atoms with Gasteiger partial charge in [0, 0.05) is 32.4 Å². The Balaban J connectivity index is 2.29. The van der Waals surface area contributed by atoms with E-state index in [4.69, 9.17) is 0 Å². The van der Waals surface area contributed by atoms with E-state index >= 15 is 0 Å². The smallest absolute Gasteiger partial charge is 0.243 e. The van der Waals surface area contributed by atoms with Crippen LogP contribution in [0.5, 0.6) is 0 Å². The zero-order chi connectivity index (χ0) is 26.7. The maximum Gasteiger partial charge on any atom is 0.243 e. The van der Waals surface area contributed by atoms with Gasteiger partial charge in [-0.1, -0.05) is 75.2 Å². The molecular formula is C28H40N2O5S. The number of aliphatic hydroxyl groups is 1. The minimum atomic E-state index is -3.86. The molecule has 0 aliphatic rings. The second kappa shape index (κ2) is 14.3. The number of nitrogens with one attached hydrogen (secondary N) is 1. The van der Waals surface area contributed by atoms with E-state index < -0.39 is 22.2 Å². The number of carbonyl (C=O) groups is 2. The number of aryl methyl sites for hydroxylation is 1. The van der Waals surface area contributed by atoms with Gasteiger partial charge in [0.2, 0.25) is 15.9 Å². The van der Waals surface area contributed by atoms with Gasteiger partial charge in [-0.3, -0.25) is 9.59 Å². The van der Waals surface area contributed by atoms with Gasteiger partial charge in [-0.15, -0.1) is 0 Å². The van der Waals surface area contributed by atoms with Crippen molar-refractivity contribution in [2.75, 3.05) is 13.1 Å². The van der Waals surface area contributed by atoms with Gasteiger partial charge in [-0.2, -0.15) is 4.31 Å². The van der Waals surface area contributed by atoms with Crippen LogP contribution < -0.4 is 5.32 Å². The van der Waals surface area contributed by atoms with Gasteiger partial charge in [0.15, 0.2) is 0 Å². The summed E-state index contributed by atoms with van der Waals surface area (Å²) in [5.74, 6) is -0.263. The summed E-state index contributed by atoms with van der Waals surface area (Å²) in [5, 5.41) is 14.1. The van der Waals surface area contributed by atoms with E-state index in [1.54, 1.807) is 31.2 Å². The van der Waals surface area contributed by atoms with Crippen LogP contribution in [-0.2, 0) is 26.0 Å². The van der Waals surface area contributed by atoms with E-state index in [1.165, 1.54) is 4.31 Å². The number of benzene rings is 2. The molecule has 0 spiro atoms. The molecule has 2 rings (SSSR count). The summed E-state index contributed by atoms with van der Waals surface area (Å²) < 4.78 is 28.4. The van der Waals surface area contributed by atoms with Crippen molar-refractivity contribution < 1.29 is 23.1 Å². The number of nitrogens with zero attached hydrogens (tertiary/aromatic N) is 1. The molecule has 0 radical (unpaired) electrons. The Bertz CT molecular complexity index is 1070. The van der Waals surface area contributed by atoms with Crippen LogP contribution in [0.2, 0.25) is 0 Å². The lowest BCUT2D eigenvalue weighted by atomic mass is 10.00. The van der Waals surface area contributed by atoms with Crippen LogP contribution in [0.3, 0.4) is 0 Å². The molecule has 0 unspecified atom stereocenters. The fourth-order valence-electron chi connectivity index (χ4n) is 3.80. The summed E-state index contributed by atoms with van der Waals surface area (Å²) in [7, 11) is -3.86. The highest BCUT2D eigenvalue weighted by Crippen LogP contribution is 2.20. The molecule has 2 aromatic carbocycles. The second-order valence-electron chi connectivity index (χ2n) is 9.47. The summed E-state index contributed by atoms with van der Waals surface area (Å²) >= 11 is 0. The van der Waals surface area contributed by atoms with Crippen LogP contribution in [0, 0.1) is 12.8 Å². The minimum absolute atomic E-state index is 0.00534. The molecule has 1 amide bonds. The van der Waals surface area contributed by atoms with Crippen molar-refractivity contribution in [1.29, 1.82) is 0 Å². The average Bonchev–Trinajstić information content (AvgIpc) is 2.87. The summed E-state index contributed by atoms with van der Waals surface area (Å²) in [5.41, 5.74) is 1.86. The van der Waals surface area contributed by atoms with Gasteiger partial charge in [-0.05, 0) is 37.0 Å². The molecule has 0 aromatic heterocycles. The number of hydrogen-bond acceptors (Lipinski definition) is 5. The summed E-state index contributed by atoms with van der Waals surface area (Å²) in [6.45, 7) is 7.70. The first-order chi connectivity index (χ1) is 17.1. The predicted molar refractivity (Wildman–Crippen MR) is 142 cm³/mol. The maximum absolute atomic E-state index is 13.5. The number of carbonyl (C=O) groups excluding carboxylic acids is 2. The van der Waals surface area contributed by atoms with Crippen LogP contribution in [0.25, 0.3) is 0 Å². The van der Waals surface area contributed by atoms with Gasteiger partial charge >= 0.3 is 0 Å². The molecule has 0 saturated heterocycles. The molecule has 0 saturated carbocycles. The van der Waals surface area contributed by atoms with Crippen LogP contribution in [0.4, 0.5) is 0 Å². The zero-order valence-corrected chi connectivity index (χ0v) is 22.6. The van der Waals surface area contributed by atoms with Crippen molar-refractivity contribution in [3.63, 3.8) is 0 Å². The minimum Gasteiger partial charge on any atom is -0.390 e. The number of Topliss-reactive ketones (excluding diaryl/α,β-unsaturated/α-hetero) is 1. The third-order valence-electron chi connectivity index (χ3n) is 6.40. The van der Waals surface area contributed by atoms with E-state index in [9.17, 15) is 23.1 Å². The Morgan fingerprint density at radius 2 is 1.61 bits per heavy atom. The standard InChI is InChI=1S/C28H40N2O5S/c1-5-21(3)19-30(36(34,35)25-15-12-22(4)13-16-25)20-27(32)26(18-23-10-8-7-9-11-23)29-28(33)17-14-24(31)6-2/h7-13,15-16,21,26-27,32H,5-6,14,17-20H2,1-4H3,(H,29,33)/t21-,26-,27+/m0/s1. The van der Waals surface area contributed by atoms with Gasteiger partial charge in [0.05, 0.1) is 17.0 Å². The Labute approximate surface area is 216 Å². The lowest BCUT2D eigenvalue weighted by Gasteiger charge is -2.31. The molecule has 3 atom stereocenters. The maximum atomic E-state index is 13.5. The van der Waals surface area contributed by atoms with Gasteiger partial charge in [-0.25, -0.2) is 8.42 Å². The molecule has 0 fully saturated rings. The first-order valence-electron chi connectivity index (χ1n) is 12.7. The molecule has 0 aliphatic heterocycles. The molecule has 0 aliphatic carbocycles. The van der Waals surface area contributed by atoms with Crippen molar-refractivity contribution in [2.45, 2.75) is 76.8 Å². The molecule has 36 heavy (non-hydrogen) atoms. The molecule has 7 nitrogen and oxygen atoms in total. The van der Waals surface area contributed by atoms with Crippen molar-refractivity contribution in [3.8, 4) is 0 Å². The van der Waals surface area contributed by atoms with E-state index in [0.717, 1.165) is 17.5 Å². The first kappa shape index (κ1) is 29.7. The van der Waals surface area contributed by atoms with Gasteiger partial charge in [0.25, 0.3) is 0 Å². The number of aliphatic hydroxyl groups excluding tert-OH is 1. The SMILES string of the molecule is CCC(=O)CCC(=O)N[C@@H](Cc1ccccc1)[C@H](O)CN(C[C@@H](C)CC)S(=O)(=O)c1ccc(C)cc1. The van der Waals surface area contributed by atoms with Gasteiger partial charge < -0.3 is 10.4 Å². The molecule has 198 valence electrons. The highest BCUT2D eigenvalue weighted by molar-refractivity contribution is 7.89. The fraction of sp³-hybridized carbons (Fsp3) is 0.500. The summed E-state index contributed by atoms with van der Waals surface area (Å²) in [6, 6.07) is 15.4. The second-order valence-corrected chi connectivity index (χ2v) is 11.4. The van der Waals surface area contributed by atoms with Crippen molar-refractivity contribution in [1.82, 2.24) is 9.62 Å². The zero-order valence-electron chi connectivity index (χ0n) is 21.8. The highest BCUT2D eigenvalue weighted by atomic mass is 32.2. The number of sulfonamides is 1. The highest BCUT2D eigenvalue weighted by Gasteiger charge is 2.31. The Morgan fingerprint density at radius 3 is 2.19 bits per heavy atom. The van der Waals surface area contributed by atoms with Gasteiger partial charge in [0.1, 0.15) is 5.78 Å². The molecule has 2 aromatic rings. The summed E-state index contributed by atoms with van der Waals surface area (Å²) in [4.78, 5) is 24.5. The predicted octanol–water partition coefficient (Wildman–Crippen LogP) is 3.88. The summed E-state index contributed by atoms with van der Waals surface area (Å²) in [6.07, 6.45) is 0.495. The van der Waals surface area contributed by atoms with Crippen LogP contribution in [0.15, 0.2) is 59.5 Å². The number of rotatable bonds is 15. The van der Waals surface area contributed by atoms with E-state index in [0.29, 0.717) is 12.8 Å². The lowest BCUT2D eigenvalue weighted by molar-refractivity contribution is -0.126. The third kappa shape index (κ3) is 9.15.